The van der Waals surface area contributed by atoms with E-state index in [0.29, 0.717) is 6.54 Å². The average molecular weight is 324 g/mol. The van der Waals surface area contributed by atoms with Gasteiger partial charge < -0.3 is 19.7 Å². The van der Waals surface area contributed by atoms with Gasteiger partial charge in [0, 0.05) is 25.2 Å². The third-order valence-electron chi connectivity index (χ3n) is 3.92. The fourth-order valence-corrected chi connectivity index (χ4v) is 2.67. The molecule has 24 heavy (non-hydrogen) atoms. The Morgan fingerprint density at radius 2 is 1.92 bits per heavy atom. The number of fused-ring (bicyclic) bond motifs is 1. The Bertz CT molecular complexity index is 771. The fraction of sp³-hybridized carbons (Fsp3) is 0.211. The Morgan fingerprint density at radius 3 is 2.71 bits per heavy atom. The molecule has 0 fully saturated rings. The van der Waals surface area contributed by atoms with E-state index >= 15 is 0 Å². The number of hydrogen-bond acceptors (Lipinski definition) is 4. The highest BCUT2D eigenvalue weighted by molar-refractivity contribution is 6.06. The summed E-state index contributed by atoms with van der Waals surface area (Å²) in [7, 11) is 3.24. The van der Waals surface area contributed by atoms with Crippen LogP contribution in [0.25, 0.3) is 6.08 Å². The third-order valence-corrected chi connectivity index (χ3v) is 3.92. The molecule has 0 unspecified atom stereocenters. The van der Waals surface area contributed by atoms with Crippen molar-refractivity contribution in [2.75, 3.05) is 37.5 Å². The summed E-state index contributed by atoms with van der Waals surface area (Å²) in [6.45, 7) is 1.33. The van der Waals surface area contributed by atoms with Crippen molar-refractivity contribution in [2.24, 2.45) is 0 Å². The van der Waals surface area contributed by atoms with Gasteiger partial charge in [-0.2, -0.15) is 0 Å². The number of benzene rings is 2. The van der Waals surface area contributed by atoms with Crippen LogP contribution in [-0.2, 0) is 4.79 Å². The van der Waals surface area contributed by atoms with Gasteiger partial charge in [-0.05, 0) is 35.9 Å². The minimum atomic E-state index is -0.0613. The fourth-order valence-electron chi connectivity index (χ4n) is 2.67. The SMILES string of the molecule is COc1cccc(C=CC(=O)N2CCNc3ccc(OC)cc32)c1. The van der Waals surface area contributed by atoms with Crippen molar-refractivity contribution in [3.8, 4) is 11.5 Å². The number of nitrogens with one attached hydrogen (secondary N) is 1. The van der Waals surface area contributed by atoms with E-state index in [9.17, 15) is 4.79 Å². The van der Waals surface area contributed by atoms with Gasteiger partial charge in [-0.25, -0.2) is 0 Å². The zero-order valence-electron chi connectivity index (χ0n) is 13.8. The Morgan fingerprint density at radius 1 is 1.12 bits per heavy atom. The summed E-state index contributed by atoms with van der Waals surface area (Å²) in [4.78, 5) is 14.4. The molecule has 1 amide bonds. The smallest absolute Gasteiger partial charge is 0.251 e. The van der Waals surface area contributed by atoms with Gasteiger partial charge in [-0.1, -0.05) is 12.1 Å². The molecule has 1 aliphatic rings. The summed E-state index contributed by atoms with van der Waals surface area (Å²) in [5, 5.41) is 3.30. The lowest BCUT2D eigenvalue weighted by Gasteiger charge is -2.29. The van der Waals surface area contributed by atoms with Crippen LogP contribution in [0.2, 0.25) is 0 Å². The number of carbonyl (C=O) groups is 1. The van der Waals surface area contributed by atoms with Crippen LogP contribution >= 0.6 is 0 Å². The predicted octanol–water partition coefficient (Wildman–Crippen LogP) is 3.18. The molecular formula is C19H20N2O3. The number of ether oxygens (including phenoxy) is 2. The average Bonchev–Trinajstić information content (AvgIpc) is 2.65. The monoisotopic (exact) mass is 324 g/mol. The van der Waals surface area contributed by atoms with Crippen LogP contribution in [0.5, 0.6) is 11.5 Å². The van der Waals surface area contributed by atoms with Crippen molar-refractivity contribution in [1.82, 2.24) is 0 Å². The van der Waals surface area contributed by atoms with Crippen molar-refractivity contribution in [3.63, 3.8) is 0 Å². The van der Waals surface area contributed by atoms with Crippen LogP contribution in [0.3, 0.4) is 0 Å². The van der Waals surface area contributed by atoms with Crippen molar-refractivity contribution < 1.29 is 14.3 Å². The Balaban J connectivity index is 1.82. The van der Waals surface area contributed by atoms with Gasteiger partial charge in [0.05, 0.1) is 25.6 Å². The number of hydrogen-bond donors (Lipinski definition) is 1. The Kier molecular flexibility index (Phi) is 4.70. The molecule has 1 heterocycles. The molecule has 3 rings (SSSR count). The van der Waals surface area contributed by atoms with Gasteiger partial charge >= 0.3 is 0 Å². The minimum absolute atomic E-state index is 0.0613. The number of nitrogens with zero attached hydrogens (tertiary/aromatic N) is 1. The quantitative estimate of drug-likeness (QED) is 0.878. The van der Waals surface area contributed by atoms with Gasteiger partial charge in [0.2, 0.25) is 0 Å². The number of carbonyl (C=O) groups excluding carboxylic acids is 1. The zero-order chi connectivity index (χ0) is 16.9. The maximum absolute atomic E-state index is 12.6. The van der Waals surface area contributed by atoms with Gasteiger partial charge in [0.1, 0.15) is 11.5 Å². The molecule has 0 saturated carbocycles. The topological polar surface area (TPSA) is 50.8 Å². The van der Waals surface area contributed by atoms with E-state index in [0.717, 1.165) is 35.0 Å². The van der Waals surface area contributed by atoms with Crippen molar-refractivity contribution in [3.05, 3.63) is 54.1 Å². The molecule has 0 radical (unpaired) electrons. The summed E-state index contributed by atoms with van der Waals surface area (Å²) in [6.07, 6.45) is 3.39. The minimum Gasteiger partial charge on any atom is -0.497 e. The molecule has 5 heteroatoms. The maximum atomic E-state index is 12.6. The summed E-state index contributed by atoms with van der Waals surface area (Å²) in [6, 6.07) is 13.3. The number of anilines is 2. The lowest BCUT2D eigenvalue weighted by atomic mass is 10.1. The zero-order valence-corrected chi connectivity index (χ0v) is 13.8. The standard InChI is InChI=1S/C19H20N2O3/c1-23-15-5-3-4-14(12-15)6-9-19(22)21-11-10-20-17-8-7-16(24-2)13-18(17)21/h3-9,12-13,20H,10-11H2,1-2H3. The van der Waals surface area contributed by atoms with Crippen LogP contribution < -0.4 is 19.7 Å². The summed E-state index contributed by atoms with van der Waals surface area (Å²) >= 11 is 0. The van der Waals surface area contributed by atoms with E-state index in [1.807, 2.05) is 42.5 Å². The molecule has 0 aromatic heterocycles. The molecule has 0 aliphatic carbocycles. The van der Waals surface area contributed by atoms with Crippen LogP contribution in [0.1, 0.15) is 5.56 Å². The second kappa shape index (κ2) is 7.08. The van der Waals surface area contributed by atoms with Crippen LogP contribution in [0, 0.1) is 0 Å². The van der Waals surface area contributed by atoms with Crippen molar-refractivity contribution in [1.29, 1.82) is 0 Å². The molecular weight excluding hydrogens is 304 g/mol. The normalized spacial score (nSPS) is 13.3. The second-order valence-electron chi connectivity index (χ2n) is 5.41. The molecule has 0 saturated heterocycles. The van der Waals surface area contributed by atoms with E-state index in [-0.39, 0.29) is 5.91 Å². The first kappa shape index (κ1) is 15.9. The predicted molar refractivity (Wildman–Crippen MR) is 95.9 cm³/mol. The van der Waals surface area contributed by atoms with Crippen molar-refractivity contribution in [2.45, 2.75) is 0 Å². The highest BCUT2D eigenvalue weighted by atomic mass is 16.5. The Labute approximate surface area is 141 Å². The van der Waals surface area contributed by atoms with Crippen LogP contribution in [0.4, 0.5) is 11.4 Å². The molecule has 1 N–H and O–H groups in total. The number of amides is 1. The summed E-state index contributed by atoms with van der Waals surface area (Å²) in [5.74, 6) is 1.43. The third kappa shape index (κ3) is 3.35. The maximum Gasteiger partial charge on any atom is 0.251 e. The highest BCUT2D eigenvalue weighted by Gasteiger charge is 2.21. The first-order valence-electron chi connectivity index (χ1n) is 7.77. The van der Waals surface area contributed by atoms with Gasteiger partial charge in [0.25, 0.3) is 5.91 Å². The molecule has 0 atom stereocenters. The summed E-state index contributed by atoms with van der Waals surface area (Å²) < 4.78 is 10.5. The van der Waals surface area contributed by atoms with Crippen LogP contribution in [0.15, 0.2) is 48.5 Å². The molecule has 0 bridgehead atoms. The molecule has 2 aromatic rings. The number of rotatable bonds is 4. The van der Waals surface area contributed by atoms with E-state index < -0.39 is 0 Å². The molecule has 5 nitrogen and oxygen atoms in total. The lowest BCUT2D eigenvalue weighted by Crippen LogP contribution is -2.37. The van der Waals surface area contributed by atoms with Crippen molar-refractivity contribution >= 4 is 23.4 Å². The first-order valence-corrected chi connectivity index (χ1v) is 7.77. The van der Waals surface area contributed by atoms with E-state index in [1.165, 1.54) is 0 Å². The van der Waals surface area contributed by atoms with Gasteiger partial charge in [-0.15, -0.1) is 0 Å². The van der Waals surface area contributed by atoms with E-state index in [1.54, 1.807) is 31.3 Å². The van der Waals surface area contributed by atoms with E-state index in [2.05, 4.69) is 5.32 Å². The van der Waals surface area contributed by atoms with Gasteiger partial charge in [-0.3, -0.25) is 4.79 Å². The van der Waals surface area contributed by atoms with Gasteiger partial charge in [0.15, 0.2) is 0 Å². The first-order chi connectivity index (χ1) is 11.7. The van der Waals surface area contributed by atoms with Crippen LogP contribution in [-0.4, -0.2) is 33.2 Å². The van der Waals surface area contributed by atoms with E-state index in [4.69, 9.17) is 9.47 Å². The highest BCUT2D eigenvalue weighted by Crippen LogP contribution is 2.33. The Hall–Kier alpha value is -2.95. The molecule has 1 aliphatic heterocycles. The second-order valence-corrected chi connectivity index (χ2v) is 5.41. The molecule has 2 aromatic carbocycles. The number of methoxy groups -OCH3 is 2. The lowest BCUT2D eigenvalue weighted by molar-refractivity contribution is -0.114. The molecule has 0 spiro atoms. The molecule has 124 valence electrons. The largest absolute Gasteiger partial charge is 0.497 e. The summed E-state index contributed by atoms with van der Waals surface area (Å²) in [5.41, 5.74) is 2.69.